The molecule has 1 atom stereocenters. The summed E-state index contributed by atoms with van der Waals surface area (Å²) in [6.07, 6.45) is 1.69. The van der Waals surface area contributed by atoms with Gasteiger partial charge in [-0.05, 0) is 36.6 Å². The van der Waals surface area contributed by atoms with Crippen LogP contribution in [0.4, 0.5) is 4.39 Å². The monoisotopic (exact) mass is 395 g/mol. The second kappa shape index (κ2) is 8.53. The van der Waals surface area contributed by atoms with E-state index in [-0.39, 0.29) is 30.5 Å². The third-order valence-corrected chi connectivity index (χ3v) is 5.10. The molecule has 1 N–H and O–H groups in total. The Morgan fingerprint density at radius 3 is 2.79 bits per heavy atom. The minimum atomic E-state index is -0.407. The van der Waals surface area contributed by atoms with Crippen LogP contribution in [-0.2, 0) is 22.5 Å². The Labute approximate surface area is 167 Å². The zero-order valence-corrected chi connectivity index (χ0v) is 15.9. The van der Waals surface area contributed by atoms with Crippen molar-refractivity contribution in [2.24, 2.45) is 0 Å². The number of rotatable bonds is 6. The van der Waals surface area contributed by atoms with Crippen molar-refractivity contribution < 1.29 is 13.9 Å². The van der Waals surface area contributed by atoms with Crippen LogP contribution in [0.25, 0.3) is 10.9 Å². The summed E-state index contributed by atoms with van der Waals surface area (Å²) < 4.78 is 19.7. The van der Waals surface area contributed by atoms with E-state index in [4.69, 9.17) is 4.74 Å². The standard InChI is InChI=1S/C22H22FN3O3/c23-18-9-3-1-6-15(18)12-21(27)26(13-16-7-5-11-29-16)14-20-24-19-10-4-2-8-17(19)22(28)25-20/h1-4,6,8-10,16H,5,7,11-14H2,(H,24,25,28). The largest absolute Gasteiger partial charge is 0.376 e. The van der Waals surface area contributed by atoms with E-state index in [0.717, 1.165) is 12.8 Å². The van der Waals surface area contributed by atoms with Crippen LogP contribution >= 0.6 is 0 Å². The Bertz CT molecular complexity index is 1080. The van der Waals surface area contributed by atoms with Crippen LogP contribution in [0, 0.1) is 5.82 Å². The Morgan fingerprint density at radius 2 is 2.00 bits per heavy atom. The molecule has 1 saturated heterocycles. The summed E-state index contributed by atoms with van der Waals surface area (Å²) in [4.78, 5) is 34.2. The van der Waals surface area contributed by atoms with E-state index in [2.05, 4.69) is 9.97 Å². The van der Waals surface area contributed by atoms with Gasteiger partial charge in [-0.25, -0.2) is 9.37 Å². The molecule has 150 valence electrons. The van der Waals surface area contributed by atoms with Crippen molar-refractivity contribution in [2.45, 2.75) is 31.9 Å². The van der Waals surface area contributed by atoms with Gasteiger partial charge in [0.2, 0.25) is 5.91 Å². The molecule has 0 spiro atoms. The van der Waals surface area contributed by atoms with Crippen molar-refractivity contribution in [1.82, 2.24) is 14.9 Å². The predicted molar refractivity (Wildman–Crippen MR) is 107 cm³/mol. The molecule has 2 aromatic carbocycles. The molecule has 7 heteroatoms. The average Bonchev–Trinajstić information content (AvgIpc) is 3.22. The summed E-state index contributed by atoms with van der Waals surface area (Å²) >= 11 is 0. The molecule has 0 saturated carbocycles. The number of aromatic amines is 1. The minimum absolute atomic E-state index is 0.0583. The number of nitrogens with one attached hydrogen (secondary N) is 1. The van der Waals surface area contributed by atoms with E-state index in [9.17, 15) is 14.0 Å². The van der Waals surface area contributed by atoms with Crippen LogP contribution in [0.1, 0.15) is 24.2 Å². The summed E-state index contributed by atoms with van der Waals surface area (Å²) in [5.74, 6) is -0.245. The minimum Gasteiger partial charge on any atom is -0.376 e. The molecule has 3 aromatic rings. The van der Waals surface area contributed by atoms with E-state index in [1.165, 1.54) is 6.07 Å². The number of hydrogen-bond donors (Lipinski definition) is 1. The highest BCUT2D eigenvalue weighted by Gasteiger charge is 2.24. The second-order valence-electron chi connectivity index (χ2n) is 7.21. The first kappa shape index (κ1) is 19.3. The van der Waals surface area contributed by atoms with Gasteiger partial charge in [0, 0.05) is 13.2 Å². The Kier molecular flexibility index (Phi) is 5.67. The SMILES string of the molecule is O=C(Cc1ccccc1F)N(Cc1nc2ccccc2c(=O)[nH]1)CC1CCCO1. The first-order valence-electron chi connectivity index (χ1n) is 9.71. The highest BCUT2D eigenvalue weighted by atomic mass is 19.1. The summed E-state index contributed by atoms with van der Waals surface area (Å²) in [5.41, 5.74) is 0.670. The lowest BCUT2D eigenvalue weighted by Crippen LogP contribution is -2.38. The molecule has 1 aromatic heterocycles. The maximum atomic E-state index is 14.0. The van der Waals surface area contributed by atoms with Crippen molar-refractivity contribution in [1.29, 1.82) is 0 Å². The first-order chi connectivity index (χ1) is 14.1. The summed E-state index contributed by atoms with van der Waals surface area (Å²) in [7, 11) is 0. The van der Waals surface area contributed by atoms with E-state index in [1.807, 2.05) is 6.07 Å². The fraction of sp³-hybridized carbons (Fsp3) is 0.318. The van der Waals surface area contributed by atoms with Gasteiger partial charge in [0.15, 0.2) is 0 Å². The average molecular weight is 395 g/mol. The van der Waals surface area contributed by atoms with Crippen molar-refractivity contribution in [2.75, 3.05) is 13.2 Å². The maximum Gasteiger partial charge on any atom is 0.258 e. The number of carbonyl (C=O) groups is 1. The first-order valence-corrected chi connectivity index (χ1v) is 9.71. The van der Waals surface area contributed by atoms with Gasteiger partial charge in [-0.1, -0.05) is 30.3 Å². The topological polar surface area (TPSA) is 75.3 Å². The number of halogens is 1. The highest BCUT2D eigenvalue weighted by Crippen LogP contribution is 2.17. The van der Waals surface area contributed by atoms with Crippen molar-refractivity contribution >= 4 is 16.8 Å². The molecule has 0 aliphatic carbocycles. The lowest BCUT2D eigenvalue weighted by molar-refractivity contribution is -0.132. The zero-order valence-electron chi connectivity index (χ0n) is 15.9. The number of benzene rings is 2. The molecule has 1 aliphatic heterocycles. The maximum absolute atomic E-state index is 14.0. The normalized spacial score (nSPS) is 16.2. The molecule has 1 unspecified atom stereocenters. The fourth-order valence-corrected chi connectivity index (χ4v) is 3.60. The molecule has 1 fully saturated rings. The summed E-state index contributed by atoms with van der Waals surface area (Å²) in [6, 6.07) is 13.3. The quantitative estimate of drug-likeness (QED) is 0.696. The van der Waals surface area contributed by atoms with E-state index in [1.54, 1.807) is 41.3 Å². The van der Waals surface area contributed by atoms with Crippen LogP contribution in [0.3, 0.4) is 0 Å². The number of hydrogen-bond acceptors (Lipinski definition) is 4. The van der Waals surface area contributed by atoms with Crippen molar-refractivity contribution in [3.8, 4) is 0 Å². The molecule has 0 bridgehead atoms. The van der Waals surface area contributed by atoms with E-state index in [0.29, 0.717) is 35.4 Å². The van der Waals surface area contributed by atoms with E-state index < -0.39 is 5.82 Å². The summed E-state index contributed by atoms with van der Waals surface area (Å²) in [5, 5.41) is 0.500. The summed E-state index contributed by atoms with van der Waals surface area (Å²) in [6.45, 7) is 1.18. The Balaban J connectivity index is 1.59. The number of aromatic nitrogens is 2. The molecular weight excluding hydrogens is 373 g/mol. The smallest absolute Gasteiger partial charge is 0.258 e. The lowest BCUT2D eigenvalue weighted by atomic mass is 10.1. The molecular formula is C22H22FN3O3. The number of fused-ring (bicyclic) bond motifs is 1. The highest BCUT2D eigenvalue weighted by molar-refractivity contribution is 5.79. The van der Waals surface area contributed by atoms with Gasteiger partial charge < -0.3 is 14.6 Å². The van der Waals surface area contributed by atoms with Gasteiger partial charge in [0.05, 0.1) is 30.0 Å². The van der Waals surface area contributed by atoms with E-state index >= 15 is 0 Å². The zero-order chi connectivity index (χ0) is 20.2. The van der Waals surface area contributed by atoms with Crippen molar-refractivity contribution in [3.63, 3.8) is 0 Å². The van der Waals surface area contributed by atoms with Gasteiger partial charge in [-0.3, -0.25) is 9.59 Å². The molecule has 6 nitrogen and oxygen atoms in total. The fourth-order valence-electron chi connectivity index (χ4n) is 3.60. The Morgan fingerprint density at radius 1 is 1.21 bits per heavy atom. The van der Waals surface area contributed by atoms with Gasteiger partial charge in [-0.2, -0.15) is 0 Å². The van der Waals surface area contributed by atoms with Crippen LogP contribution < -0.4 is 5.56 Å². The van der Waals surface area contributed by atoms with Crippen molar-refractivity contribution in [3.05, 3.63) is 76.1 Å². The second-order valence-corrected chi connectivity index (χ2v) is 7.21. The molecule has 1 aliphatic rings. The number of amides is 1. The molecule has 1 amide bonds. The number of carbonyl (C=O) groups excluding carboxylic acids is 1. The van der Waals surface area contributed by atoms with Crippen LogP contribution in [0.5, 0.6) is 0 Å². The number of nitrogens with zero attached hydrogens (tertiary/aromatic N) is 2. The lowest BCUT2D eigenvalue weighted by Gasteiger charge is -2.25. The number of ether oxygens (including phenoxy) is 1. The number of para-hydroxylation sites is 1. The third kappa shape index (κ3) is 4.51. The molecule has 4 rings (SSSR count). The number of H-pyrrole nitrogens is 1. The van der Waals surface area contributed by atoms with Gasteiger partial charge >= 0.3 is 0 Å². The van der Waals surface area contributed by atoms with Crippen LogP contribution in [0.2, 0.25) is 0 Å². The van der Waals surface area contributed by atoms with Gasteiger partial charge in [-0.15, -0.1) is 0 Å². The molecule has 2 heterocycles. The molecule has 0 radical (unpaired) electrons. The van der Waals surface area contributed by atoms with Gasteiger partial charge in [0.1, 0.15) is 11.6 Å². The Hall–Kier alpha value is -3.06. The third-order valence-electron chi connectivity index (χ3n) is 5.10. The van der Waals surface area contributed by atoms with Crippen LogP contribution in [0.15, 0.2) is 53.3 Å². The molecule has 29 heavy (non-hydrogen) atoms. The van der Waals surface area contributed by atoms with Crippen LogP contribution in [-0.4, -0.2) is 40.0 Å². The van der Waals surface area contributed by atoms with Gasteiger partial charge in [0.25, 0.3) is 5.56 Å². The predicted octanol–water partition coefficient (Wildman–Crippen LogP) is 2.81.